The van der Waals surface area contributed by atoms with Gasteiger partial charge in [0.25, 0.3) is 0 Å². The van der Waals surface area contributed by atoms with Gasteiger partial charge in [-0.15, -0.1) is 0 Å². The summed E-state index contributed by atoms with van der Waals surface area (Å²) in [6, 6.07) is 0. The van der Waals surface area contributed by atoms with Gasteiger partial charge in [-0.2, -0.15) is 0 Å². The second-order valence-corrected chi connectivity index (χ2v) is 10.5. The van der Waals surface area contributed by atoms with Crippen LogP contribution in [-0.2, 0) is 9.59 Å². The summed E-state index contributed by atoms with van der Waals surface area (Å²) in [7, 11) is 0. The van der Waals surface area contributed by atoms with Crippen LogP contribution < -0.4 is 5.32 Å². The molecular formula is C22H34N2O2. The number of hydrogen-bond acceptors (Lipinski definition) is 2. The normalized spacial score (nSPS) is 41.3. The van der Waals surface area contributed by atoms with Gasteiger partial charge in [0.05, 0.1) is 0 Å². The maximum absolute atomic E-state index is 12.7. The molecule has 1 aliphatic heterocycles. The smallest absolute Gasteiger partial charge is 0.225 e. The fourth-order valence-electron chi connectivity index (χ4n) is 7.19. The van der Waals surface area contributed by atoms with E-state index in [-0.39, 0.29) is 5.91 Å². The Bertz CT molecular complexity index is 547. The van der Waals surface area contributed by atoms with Crippen LogP contribution in [0.4, 0.5) is 0 Å². The maximum Gasteiger partial charge on any atom is 0.225 e. The lowest BCUT2D eigenvalue weighted by Crippen LogP contribution is -2.49. The SMILES string of the molecule is O=C(CC12CC3CC(CC(C3)C1)C2)NC[C@H]1CCCN(C(=O)C2CC2)C1. The number of amides is 2. The number of rotatable bonds is 5. The van der Waals surface area contributed by atoms with E-state index in [1.54, 1.807) is 0 Å². The van der Waals surface area contributed by atoms with Crippen molar-refractivity contribution in [3.05, 3.63) is 0 Å². The van der Waals surface area contributed by atoms with Crippen molar-refractivity contribution < 1.29 is 9.59 Å². The Kier molecular flexibility index (Phi) is 4.28. The molecule has 6 aliphatic rings. The molecule has 5 aliphatic carbocycles. The molecule has 0 unspecified atom stereocenters. The van der Waals surface area contributed by atoms with Crippen molar-refractivity contribution in [2.45, 2.75) is 70.6 Å². The van der Waals surface area contributed by atoms with Crippen LogP contribution in [0.3, 0.4) is 0 Å². The second-order valence-electron chi connectivity index (χ2n) is 10.5. The average molecular weight is 359 g/mol. The lowest BCUT2D eigenvalue weighted by Gasteiger charge is -2.56. The molecule has 0 aromatic rings. The van der Waals surface area contributed by atoms with Gasteiger partial charge in [0.2, 0.25) is 11.8 Å². The van der Waals surface area contributed by atoms with Gasteiger partial charge in [0.1, 0.15) is 0 Å². The summed E-state index contributed by atoms with van der Waals surface area (Å²) in [5.41, 5.74) is 0.333. The van der Waals surface area contributed by atoms with Crippen LogP contribution in [-0.4, -0.2) is 36.3 Å². The molecule has 2 amide bonds. The lowest BCUT2D eigenvalue weighted by atomic mass is 9.49. The van der Waals surface area contributed by atoms with E-state index in [0.29, 0.717) is 23.2 Å². The summed E-state index contributed by atoms with van der Waals surface area (Å²) in [6.07, 6.45) is 13.4. The van der Waals surface area contributed by atoms with E-state index in [9.17, 15) is 9.59 Å². The third-order valence-corrected chi connectivity index (χ3v) is 8.05. The molecule has 0 aromatic heterocycles. The zero-order valence-electron chi connectivity index (χ0n) is 16.0. The Labute approximate surface area is 157 Å². The standard InChI is InChI=1S/C22H34N2O2/c25-20(12-22-9-16-6-17(10-22)8-18(7-16)11-22)23-13-15-2-1-5-24(14-15)21(26)19-3-4-19/h15-19H,1-14H2,(H,23,25)/t15-,16?,17?,18?,22?/m1/s1. The molecule has 1 saturated heterocycles. The van der Waals surface area contributed by atoms with Gasteiger partial charge >= 0.3 is 0 Å². The topological polar surface area (TPSA) is 49.4 Å². The molecular weight excluding hydrogens is 324 g/mol. The van der Waals surface area contributed by atoms with Crippen LogP contribution in [0.5, 0.6) is 0 Å². The minimum absolute atomic E-state index is 0.276. The van der Waals surface area contributed by atoms with E-state index in [0.717, 1.165) is 69.5 Å². The number of nitrogens with zero attached hydrogens (tertiary/aromatic N) is 1. The number of hydrogen-bond donors (Lipinski definition) is 1. The van der Waals surface area contributed by atoms with Gasteiger partial charge in [-0.25, -0.2) is 0 Å². The van der Waals surface area contributed by atoms with Crippen LogP contribution in [0.1, 0.15) is 70.6 Å². The van der Waals surface area contributed by atoms with Crippen molar-refractivity contribution in [1.82, 2.24) is 10.2 Å². The first-order valence-corrected chi connectivity index (χ1v) is 11.1. The van der Waals surface area contributed by atoms with Gasteiger partial charge < -0.3 is 10.2 Å². The number of carbonyl (C=O) groups excluding carboxylic acids is 2. The summed E-state index contributed by atoms with van der Waals surface area (Å²) in [5.74, 6) is 4.15. The second kappa shape index (κ2) is 6.53. The number of piperidine rings is 1. The van der Waals surface area contributed by atoms with Crippen LogP contribution in [0.2, 0.25) is 0 Å². The van der Waals surface area contributed by atoms with Crippen molar-refractivity contribution in [2.75, 3.05) is 19.6 Å². The van der Waals surface area contributed by atoms with Gasteiger partial charge in [-0.1, -0.05) is 0 Å². The van der Waals surface area contributed by atoms with Gasteiger partial charge in [0, 0.05) is 32.0 Å². The molecule has 6 rings (SSSR count). The van der Waals surface area contributed by atoms with E-state index in [1.165, 1.54) is 38.5 Å². The number of nitrogens with one attached hydrogen (secondary N) is 1. The lowest BCUT2D eigenvalue weighted by molar-refractivity contribution is -0.134. The highest BCUT2D eigenvalue weighted by Gasteiger charge is 2.51. The first-order valence-electron chi connectivity index (χ1n) is 11.1. The Hall–Kier alpha value is -1.06. The first-order chi connectivity index (χ1) is 12.6. The van der Waals surface area contributed by atoms with E-state index >= 15 is 0 Å². The maximum atomic E-state index is 12.7. The molecule has 1 atom stereocenters. The first kappa shape index (κ1) is 17.1. The predicted octanol–water partition coefficient (Wildman–Crippen LogP) is 3.36. The highest BCUT2D eigenvalue weighted by molar-refractivity contribution is 5.81. The van der Waals surface area contributed by atoms with Gasteiger partial charge in [-0.3, -0.25) is 9.59 Å². The largest absolute Gasteiger partial charge is 0.356 e. The molecule has 26 heavy (non-hydrogen) atoms. The molecule has 4 heteroatoms. The van der Waals surface area contributed by atoms with Crippen LogP contribution in [0.15, 0.2) is 0 Å². The minimum Gasteiger partial charge on any atom is -0.356 e. The Balaban J connectivity index is 1.11. The van der Waals surface area contributed by atoms with Crippen molar-refractivity contribution in [1.29, 1.82) is 0 Å². The zero-order chi connectivity index (χ0) is 17.7. The third kappa shape index (κ3) is 3.41. The minimum atomic E-state index is 0.276. The van der Waals surface area contributed by atoms with Crippen molar-refractivity contribution in [3.8, 4) is 0 Å². The van der Waals surface area contributed by atoms with E-state index in [4.69, 9.17) is 0 Å². The zero-order valence-corrected chi connectivity index (χ0v) is 16.0. The summed E-state index contributed by atoms with van der Waals surface area (Å²) in [6.45, 7) is 2.54. The van der Waals surface area contributed by atoms with E-state index in [2.05, 4.69) is 10.2 Å². The molecule has 0 radical (unpaired) electrons. The van der Waals surface area contributed by atoms with E-state index in [1.807, 2.05) is 0 Å². The molecule has 5 saturated carbocycles. The molecule has 4 bridgehead atoms. The average Bonchev–Trinajstić information content (AvgIpc) is 3.43. The summed E-state index contributed by atoms with van der Waals surface area (Å²) in [5, 5.41) is 3.25. The molecule has 0 aromatic carbocycles. The van der Waals surface area contributed by atoms with Crippen LogP contribution in [0, 0.1) is 35.0 Å². The molecule has 0 spiro atoms. The quantitative estimate of drug-likeness (QED) is 0.819. The predicted molar refractivity (Wildman–Crippen MR) is 100 cm³/mol. The van der Waals surface area contributed by atoms with Crippen molar-refractivity contribution >= 4 is 11.8 Å². The highest BCUT2D eigenvalue weighted by atomic mass is 16.2. The fourth-order valence-corrected chi connectivity index (χ4v) is 7.19. The monoisotopic (exact) mass is 358 g/mol. The van der Waals surface area contributed by atoms with Crippen molar-refractivity contribution in [2.24, 2.45) is 35.0 Å². The number of likely N-dealkylation sites (tertiary alicyclic amines) is 1. The molecule has 4 nitrogen and oxygen atoms in total. The molecule has 6 fully saturated rings. The fraction of sp³-hybridized carbons (Fsp3) is 0.909. The number of carbonyl (C=O) groups is 2. The summed E-state index contributed by atoms with van der Waals surface area (Å²) in [4.78, 5) is 27.1. The Morgan fingerprint density at radius 2 is 1.62 bits per heavy atom. The van der Waals surface area contributed by atoms with Crippen LogP contribution >= 0.6 is 0 Å². The van der Waals surface area contributed by atoms with Crippen molar-refractivity contribution in [3.63, 3.8) is 0 Å². The van der Waals surface area contributed by atoms with Crippen LogP contribution in [0.25, 0.3) is 0 Å². The Morgan fingerprint density at radius 1 is 0.962 bits per heavy atom. The molecule has 1 N–H and O–H groups in total. The Morgan fingerprint density at radius 3 is 2.23 bits per heavy atom. The van der Waals surface area contributed by atoms with Gasteiger partial charge in [0.15, 0.2) is 0 Å². The summed E-state index contributed by atoms with van der Waals surface area (Å²) < 4.78 is 0. The summed E-state index contributed by atoms with van der Waals surface area (Å²) >= 11 is 0. The van der Waals surface area contributed by atoms with E-state index < -0.39 is 0 Å². The molecule has 144 valence electrons. The third-order valence-electron chi connectivity index (χ3n) is 8.05. The highest BCUT2D eigenvalue weighted by Crippen LogP contribution is 2.61. The molecule has 1 heterocycles. The van der Waals surface area contributed by atoms with Gasteiger partial charge in [-0.05, 0) is 93.3 Å².